The van der Waals surface area contributed by atoms with Crippen molar-refractivity contribution >= 4 is 11.9 Å². The molecule has 116 valence electrons. The molecule has 0 bridgehead atoms. The van der Waals surface area contributed by atoms with Crippen LogP contribution in [0.1, 0.15) is 43.1 Å². The smallest absolute Gasteiger partial charge is 0.311 e. The van der Waals surface area contributed by atoms with Crippen LogP contribution in [-0.4, -0.2) is 45.2 Å². The van der Waals surface area contributed by atoms with Crippen molar-refractivity contribution in [2.24, 2.45) is 5.41 Å². The minimum Gasteiger partial charge on any atom is -0.481 e. The lowest BCUT2D eigenvalue weighted by atomic mass is 9.83. The summed E-state index contributed by atoms with van der Waals surface area (Å²) in [4.78, 5) is 25.7. The molecule has 6 nitrogen and oxygen atoms in total. The first kappa shape index (κ1) is 15.5. The van der Waals surface area contributed by atoms with Gasteiger partial charge in [0.15, 0.2) is 0 Å². The minimum absolute atomic E-state index is 0.0122. The fourth-order valence-electron chi connectivity index (χ4n) is 3.15. The predicted molar refractivity (Wildman–Crippen MR) is 77.9 cm³/mol. The van der Waals surface area contributed by atoms with Crippen LogP contribution in [0.15, 0.2) is 0 Å². The van der Waals surface area contributed by atoms with Gasteiger partial charge >= 0.3 is 5.97 Å². The Hall–Kier alpha value is -1.85. The molecule has 0 aromatic carbocycles. The number of nitrogens with zero attached hydrogens (tertiary/aromatic N) is 2. The van der Waals surface area contributed by atoms with Crippen molar-refractivity contribution in [1.29, 1.82) is 0 Å². The Bertz CT molecular complexity index is 533. The van der Waals surface area contributed by atoms with Gasteiger partial charge in [-0.15, -0.1) is 0 Å². The molecule has 1 saturated heterocycles. The van der Waals surface area contributed by atoms with E-state index in [0.29, 0.717) is 25.9 Å². The molecule has 0 radical (unpaired) electrons. The summed E-state index contributed by atoms with van der Waals surface area (Å²) in [6.07, 6.45) is 2.27. The van der Waals surface area contributed by atoms with E-state index in [0.717, 1.165) is 23.4 Å². The van der Waals surface area contributed by atoms with Crippen LogP contribution in [0.25, 0.3) is 0 Å². The van der Waals surface area contributed by atoms with E-state index in [2.05, 4.69) is 10.2 Å². The third-order valence-electron chi connectivity index (χ3n) is 4.50. The summed E-state index contributed by atoms with van der Waals surface area (Å²) in [7, 11) is 0. The first-order valence-corrected chi connectivity index (χ1v) is 7.41. The van der Waals surface area contributed by atoms with E-state index in [1.54, 1.807) is 4.90 Å². The Kier molecular flexibility index (Phi) is 4.34. The second-order valence-electron chi connectivity index (χ2n) is 5.99. The van der Waals surface area contributed by atoms with E-state index in [-0.39, 0.29) is 12.3 Å². The van der Waals surface area contributed by atoms with Crippen molar-refractivity contribution in [2.45, 2.75) is 46.5 Å². The number of nitrogens with one attached hydrogen (secondary N) is 1. The first-order chi connectivity index (χ1) is 9.89. The number of aromatic amines is 1. The van der Waals surface area contributed by atoms with Crippen LogP contribution in [0, 0.1) is 19.3 Å². The molecule has 1 atom stereocenters. The first-order valence-electron chi connectivity index (χ1n) is 7.41. The molecule has 0 saturated carbocycles. The Morgan fingerprint density at radius 1 is 1.43 bits per heavy atom. The highest BCUT2D eigenvalue weighted by molar-refractivity contribution is 5.82. The van der Waals surface area contributed by atoms with Crippen molar-refractivity contribution in [2.75, 3.05) is 13.1 Å². The minimum atomic E-state index is -0.782. The number of carbonyl (C=O) groups excluding carboxylic acids is 1. The number of aromatic nitrogens is 2. The molecular formula is C15H23N3O3. The highest BCUT2D eigenvalue weighted by Crippen LogP contribution is 2.35. The zero-order valence-corrected chi connectivity index (χ0v) is 12.9. The predicted octanol–water partition coefficient (Wildman–Crippen LogP) is 1.67. The summed E-state index contributed by atoms with van der Waals surface area (Å²) in [5, 5.41) is 16.5. The average molecular weight is 293 g/mol. The maximum atomic E-state index is 12.4. The molecule has 21 heavy (non-hydrogen) atoms. The van der Waals surface area contributed by atoms with Crippen molar-refractivity contribution in [3.05, 3.63) is 17.0 Å². The molecule has 1 aliphatic heterocycles. The number of H-pyrrole nitrogens is 1. The Balaban J connectivity index is 2.07. The van der Waals surface area contributed by atoms with Gasteiger partial charge in [0.1, 0.15) is 0 Å². The molecule has 0 spiro atoms. The number of hydrogen-bond acceptors (Lipinski definition) is 3. The van der Waals surface area contributed by atoms with Gasteiger partial charge in [-0.25, -0.2) is 0 Å². The largest absolute Gasteiger partial charge is 0.481 e. The average Bonchev–Trinajstić information content (AvgIpc) is 2.99. The van der Waals surface area contributed by atoms with E-state index < -0.39 is 11.4 Å². The van der Waals surface area contributed by atoms with Crippen LogP contribution < -0.4 is 0 Å². The molecule has 1 aromatic heterocycles. The number of likely N-dealkylation sites (tertiary alicyclic amines) is 1. The van der Waals surface area contributed by atoms with Crippen LogP contribution in [0.5, 0.6) is 0 Å². The number of carbonyl (C=O) groups is 2. The number of aryl methyl sites for hydroxylation is 2. The Labute approximate surface area is 124 Å². The number of aliphatic carboxylic acids is 1. The van der Waals surface area contributed by atoms with Crippen LogP contribution in [-0.2, 0) is 16.0 Å². The summed E-state index contributed by atoms with van der Waals surface area (Å²) in [5.74, 6) is -0.794. The van der Waals surface area contributed by atoms with Crippen molar-refractivity contribution in [3.63, 3.8) is 0 Å². The molecule has 0 aliphatic carbocycles. The molecule has 1 aromatic rings. The second-order valence-corrected chi connectivity index (χ2v) is 5.99. The van der Waals surface area contributed by atoms with E-state index >= 15 is 0 Å². The van der Waals surface area contributed by atoms with Crippen molar-refractivity contribution < 1.29 is 14.7 Å². The molecule has 1 unspecified atom stereocenters. The van der Waals surface area contributed by atoms with Gasteiger partial charge in [-0.2, -0.15) is 5.10 Å². The fourth-order valence-corrected chi connectivity index (χ4v) is 3.15. The molecular weight excluding hydrogens is 270 g/mol. The zero-order chi connectivity index (χ0) is 15.6. The summed E-state index contributed by atoms with van der Waals surface area (Å²) in [6, 6.07) is 0. The van der Waals surface area contributed by atoms with Crippen molar-refractivity contribution in [1.82, 2.24) is 15.1 Å². The zero-order valence-electron chi connectivity index (χ0n) is 12.9. The van der Waals surface area contributed by atoms with Gasteiger partial charge < -0.3 is 10.0 Å². The molecule has 1 fully saturated rings. The van der Waals surface area contributed by atoms with E-state index in [1.807, 2.05) is 20.8 Å². The lowest BCUT2D eigenvalue weighted by molar-refractivity contribution is -0.149. The number of rotatable bonds is 5. The molecule has 6 heteroatoms. The molecule has 2 rings (SSSR count). The van der Waals surface area contributed by atoms with E-state index in [1.165, 1.54) is 0 Å². The maximum absolute atomic E-state index is 12.4. The van der Waals surface area contributed by atoms with Gasteiger partial charge in [0.2, 0.25) is 5.91 Å². The van der Waals surface area contributed by atoms with Gasteiger partial charge in [-0.3, -0.25) is 14.7 Å². The topological polar surface area (TPSA) is 86.3 Å². The third kappa shape index (κ3) is 2.94. The summed E-state index contributed by atoms with van der Waals surface area (Å²) >= 11 is 0. The van der Waals surface area contributed by atoms with Crippen LogP contribution >= 0.6 is 0 Å². The van der Waals surface area contributed by atoms with Gasteiger partial charge in [0.25, 0.3) is 0 Å². The monoisotopic (exact) mass is 293 g/mol. The maximum Gasteiger partial charge on any atom is 0.311 e. The lowest BCUT2D eigenvalue weighted by Gasteiger charge is -2.24. The fraction of sp³-hybridized carbons (Fsp3) is 0.667. The SMILES string of the molecule is CCCC1(C(=O)O)CCN(C(=O)Cc2c(C)n[nH]c2C)C1. The summed E-state index contributed by atoms with van der Waals surface area (Å²) < 4.78 is 0. The molecule has 1 amide bonds. The normalized spacial score (nSPS) is 21.8. The quantitative estimate of drug-likeness (QED) is 0.864. The number of hydrogen-bond donors (Lipinski definition) is 2. The number of carboxylic acid groups (broad SMARTS) is 1. The van der Waals surface area contributed by atoms with Crippen LogP contribution in [0.2, 0.25) is 0 Å². The van der Waals surface area contributed by atoms with Gasteiger partial charge in [0, 0.05) is 24.3 Å². The van der Waals surface area contributed by atoms with Crippen LogP contribution in [0.4, 0.5) is 0 Å². The molecule has 1 aliphatic rings. The molecule has 2 heterocycles. The van der Waals surface area contributed by atoms with Crippen LogP contribution in [0.3, 0.4) is 0 Å². The van der Waals surface area contributed by atoms with Gasteiger partial charge in [-0.05, 0) is 26.7 Å². The standard InChI is InChI=1S/C15H23N3O3/c1-4-5-15(14(20)21)6-7-18(9-15)13(19)8-12-10(2)16-17-11(12)3/h4-9H2,1-3H3,(H,16,17)(H,20,21). The van der Waals surface area contributed by atoms with E-state index in [4.69, 9.17) is 0 Å². The third-order valence-corrected chi connectivity index (χ3v) is 4.50. The molecule has 2 N–H and O–H groups in total. The number of carboxylic acids is 1. The lowest BCUT2D eigenvalue weighted by Crippen LogP contribution is -2.37. The second kappa shape index (κ2) is 5.87. The highest BCUT2D eigenvalue weighted by atomic mass is 16.4. The van der Waals surface area contributed by atoms with Gasteiger partial charge in [-0.1, -0.05) is 13.3 Å². The summed E-state index contributed by atoms with van der Waals surface area (Å²) in [5.41, 5.74) is 1.89. The Morgan fingerprint density at radius 2 is 2.14 bits per heavy atom. The van der Waals surface area contributed by atoms with Crippen molar-refractivity contribution in [3.8, 4) is 0 Å². The van der Waals surface area contributed by atoms with Gasteiger partial charge in [0.05, 0.1) is 17.5 Å². The number of amides is 1. The summed E-state index contributed by atoms with van der Waals surface area (Å²) in [6.45, 7) is 6.60. The Morgan fingerprint density at radius 3 is 2.67 bits per heavy atom. The van der Waals surface area contributed by atoms with E-state index in [9.17, 15) is 14.7 Å². The highest BCUT2D eigenvalue weighted by Gasteiger charge is 2.45.